The third-order valence-electron chi connectivity index (χ3n) is 5.21. The zero-order valence-electron chi connectivity index (χ0n) is 15.4. The minimum absolute atomic E-state index is 0.491. The maximum absolute atomic E-state index is 12.4. The Hall–Kier alpha value is -0.980. The molecule has 2 N–H and O–H groups in total. The molecule has 7 heteroatoms. The van der Waals surface area contributed by atoms with Crippen LogP contribution in [0.5, 0.6) is 0 Å². The fourth-order valence-corrected chi connectivity index (χ4v) is 3.81. The highest BCUT2D eigenvalue weighted by molar-refractivity contribution is 5.80. The second kappa shape index (κ2) is 10.2. The number of alkyl halides is 3. The first kappa shape index (κ1) is 20.3. The van der Waals surface area contributed by atoms with E-state index in [1.165, 1.54) is 37.0 Å². The highest BCUT2D eigenvalue weighted by Crippen LogP contribution is 2.24. The van der Waals surface area contributed by atoms with Crippen LogP contribution in [0.2, 0.25) is 0 Å². The second-order valence-corrected chi connectivity index (χ2v) is 7.36. The van der Waals surface area contributed by atoms with Crippen LogP contribution in [0.15, 0.2) is 4.99 Å². The van der Waals surface area contributed by atoms with E-state index in [0.29, 0.717) is 25.0 Å². The SMILES string of the molecule is CCNC(=NCCC1CCN(CC(F)(F)F)CC1)NC1CCCCC1. The zero-order chi connectivity index (χ0) is 18.1. The van der Waals surface area contributed by atoms with E-state index >= 15 is 0 Å². The number of nitrogens with zero attached hydrogens (tertiary/aromatic N) is 2. The molecule has 4 nitrogen and oxygen atoms in total. The molecule has 0 aromatic heterocycles. The van der Waals surface area contributed by atoms with Crippen LogP contribution in [0.3, 0.4) is 0 Å². The molecule has 2 fully saturated rings. The van der Waals surface area contributed by atoms with Crippen molar-refractivity contribution in [2.45, 2.75) is 70.5 Å². The third kappa shape index (κ3) is 8.29. The number of hydrogen-bond donors (Lipinski definition) is 2. The van der Waals surface area contributed by atoms with Gasteiger partial charge in [0.25, 0.3) is 0 Å². The van der Waals surface area contributed by atoms with Gasteiger partial charge < -0.3 is 10.6 Å². The summed E-state index contributed by atoms with van der Waals surface area (Å²) in [5.41, 5.74) is 0. The molecule has 0 atom stereocenters. The lowest BCUT2D eigenvalue weighted by Crippen LogP contribution is -2.44. The van der Waals surface area contributed by atoms with Crippen molar-refractivity contribution in [2.24, 2.45) is 10.9 Å². The van der Waals surface area contributed by atoms with Crippen molar-refractivity contribution >= 4 is 5.96 Å². The van der Waals surface area contributed by atoms with Crippen molar-refractivity contribution in [1.29, 1.82) is 0 Å². The first-order valence-electron chi connectivity index (χ1n) is 9.80. The number of halogens is 3. The maximum atomic E-state index is 12.4. The first-order valence-corrected chi connectivity index (χ1v) is 9.80. The van der Waals surface area contributed by atoms with Gasteiger partial charge in [0.05, 0.1) is 6.54 Å². The van der Waals surface area contributed by atoms with E-state index in [1.807, 2.05) is 0 Å². The Morgan fingerprint density at radius 2 is 1.76 bits per heavy atom. The van der Waals surface area contributed by atoms with Gasteiger partial charge >= 0.3 is 6.18 Å². The van der Waals surface area contributed by atoms with Gasteiger partial charge in [0.15, 0.2) is 5.96 Å². The van der Waals surface area contributed by atoms with Gasteiger partial charge in [-0.25, -0.2) is 0 Å². The van der Waals surface area contributed by atoms with Crippen LogP contribution >= 0.6 is 0 Å². The van der Waals surface area contributed by atoms with E-state index in [-0.39, 0.29) is 0 Å². The van der Waals surface area contributed by atoms with Crippen LogP contribution in [0.1, 0.15) is 58.3 Å². The Labute approximate surface area is 149 Å². The molecule has 2 aliphatic rings. The van der Waals surface area contributed by atoms with E-state index in [4.69, 9.17) is 0 Å². The standard InChI is InChI=1S/C18H33F3N4/c1-2-22-17(24-16-6-4-3-5-7-16)23-11-8-15-9-12-25(13-10-15)14-18(19,20)21/h15-16H,2-14H2,1H3,(H2,22,23,24). The van der Waals surface area contributed by atoms with Gasteiger partial charge in [0, 0.05) is 19.1 Å². The number of hydrogen-bond acceptors (Lipinski definition) is 2. The Morgan fingerprint density at radius 1 is 1.08 bits per heavy atom. The summed E-state index contributed by atoms with van der Waals surface area (Å²) in [6.45, 7) is 3.98. The monoisotopic (exact) mass is 362 g/mol. The number of aliphatic imine (C=N–C) groups is 1. The van der Waals surface area contributed by atoms with Crippen LogP contribution in [0.25, 0.3) is 0 Å². The predicted molar refractivity (Wildman–Crippen MR) is 95.8 cm³/mol. The number of guanidine groups is 1. The molecule has 0 spiro atoms. The van der Waals surface area contributed by atoms with Crippen molar-refractivity contribution in [2.75, 3.05) is 32.7 Å². The van der Waals surface area contributed by atoms with Gasteiger partial charge in [0.1, 0.15) is 0 Å². The lowest BCUT2D eigenvalue weighted by Gasteiger charge is -2.32. The summed E-state index contributed by atoms with van der Waals surface area (Å²) >= 11 is 0. The lowest BCUT2D eigenvalue weighted by molar-refractivity contribution is -0.148. The van der Waals surface area contributed by atoms with E-state index in [9.17, 15) is 13.2 Å². The number of rotatable bonds is 6. The molecule has 1 aliphatic carbocycles. The minimum Gasteiger partial charge on any atom is -0.357 e. The largest absolute Gasteiger partial charge is 0.401 e. The van der Waals surface area contributed by atoms with Crippen molar-refractivity contribution in [3.63, 3.8) is 0 Å². The van der Waals surface area contributed by atoms with Crippen molar-refractivity contribution in [3.05, 3.63) is 0 Å². The van der Waals surface area contributed by atoms with Gasteiger partial charge in [-0.2, -0.15) is 13.2 Å². The number of piperidine rings is 1. The van der Waals surface area contributed by atoms with Gasteiger partial charge in [-0.1, -0.05) is 19.3 Å². The van der Waals surface area contributed by atoms with E-state index in [1.54, 1.807) is 0 Å². The normalized spacial score (nSPS) is 22.2. The summed E-state index contributed by atoms with van der Waals surface area (Å²) in [6, 6.07) is 0.525. The molecule has 146 valence electrons. The van der Waals surface area contributed by atoms with Gasteiger partial charge in [-0.3, -0.25) is 9.89 Å². The average molecular weight is 362 g/mol. The van der Waals surface area contributed by atoms with Gasteiger partial charge in [-0.05, 0) is 58.0 Å². The molecule has 0 aromatic carbocycles. The summed E-state index contributed by atoms with van der Waals surface area (Å²) in [7, 11) is 0. The third-order valence-corrected chi connectivity index (χ3v) is 5.21. The Morgan fingerprint density at radius 3 is 2.36 bits per heavy atom. The van der Waals surface area contributed by atoms with Crippen molar-refractivity contribution in [3.8, 4) is 0 Å². The Kier molecular flexibility index (Phi) is 8.33. The van der Waals surface area contributed by atoms with Gasteiger partial charge in [0.2, 0.25) is 0 Å². The molecule has 1 saturated heterocycles. The highest BCUT2D eigenvalue weighted by atomic mass is 19.4. The molecule has 0 radical (unpaired) electrons. The Balaban J connectivity index is 1.69. The predicted octanol–water partition coefficient (Wildman–Crippen LogP) is 3.54. The minimum atomic E-state index is -4.08. The smallest absolute Gasteiger partial charge is 0.357 e. The highest BCUT2D eigenvalue weighted by Gasteiger charge is 2.32. The molecule has 2 rings (SSSR count). The summed E-state index contributed by atoms with van der Waals surface area (Å²) < 4.78 is 37.3. The fourth-order valence-electron chi connectivity index (χ4n) is 3.81. The van der Waals surface area contributed by atoms with Crippen molar-refractivity contribution < 1.29 is 13.2 Å². The molecule has 0 aromatic rings. The van der Waals surface area contributed by atoms with Crippen LogP contribution in [0, 0.1) is 5.92 Å². The van der Waals surface area contributed by atoms with Crippen LogP contribution in [-0.2, 0) is 0 Å². The fraction of sp³-hybridized carbons (Fsp3) is 0.944. The molecule has 25 heavy (non-hydrogen) atoms. The molecule has 1 saturated carbocycles. The first-order chi connectivity index (χ1) is 12.0. The molecule has 1 aliphatic heterocycles. The van der Waals surface area contributed by atoms with E-state index < -0.39 is 12.7 Å². The number of nitrogens with one attached hydrogen (secondary N) is 2. The van der Waals surface area contributed by atoms with Gasteiger partial charge in [-0.15, -0.1) is 0 Å². The van der Waals surface area contributed by atoms with Crippen LogP contribution in [-0.4, -0.2) is 55.8 Å². The molecule has 0 bridgehead atoms. The molecule has 0 amide bonds. The second-order valence-electron chi connectivity index (χ2n) is 7.36. The lowest BCUT2D eigenvalue weighted by atomic mass is 9.93. The molecule has 0 unspecified atom stereocenters. The molecular formula is C18H33F3N4. The maximum Gasteiger partial charge on any atom is 0.401 e. The zero-order valence-corrected chi connectivity index (χ0v) is 15.4. The molecular weight excluding hydrogens is 329 g/mol. The summed E-state index contributed by atoms with van der Waals surface area (Å²) in [6.07, 6.45) is 4.89. The van der Waals surface area contributed by atoms with Crippen LogP contribution < -0.4 is 10.6 Å². The molecule has 1 heterocycles. The van der Waals surface area contributed by atoms with E-state index in [2.05, 4.69) is 22.5 Å². The summed E-state index contributed by atoms with van der Waals surface area (Å²) in [5.74, 6) is 1.38. The van der Waals surface area contributed by atoms with E-state index in [0.717, 1.165) is 38.3 Å². The Bertz CT molecular complexity index is 398. The topological polar surface area (TPSA) is 39.7 Å². The van der Waals surface area contributed by atoms with Crippen molar-refractivity contribution in [1.82, 2.24) is 15.5 Å². The summed E-state index contributed by atoms with van der Waals surface area (Å²) in [5, 5.41) is 6.84. The quantitative estimate of drug-likeness (QED) is 0.561. The summed E-state index contributed by atoms with van der Waals surface area (Å²) in [4.78, 5) is 6.20. The number of likely N-dealkylation sites (tertiary alicyclic amines) is 1. The average Bonchev–Trinajstić information content (AvgIpc) is 2.56. The van der Waals surface area contributed by atoms with Crippen LogP contribution in [0.4, 0.5) is 13.2 Å².